The SMILES string of the molecule is CCOC(=O)[C@@H](C(C)=O)C(=O)c1ccccc1[N+](=O)[O-]. The number of esters is 1. The van der Waals surface area contributed by atoms with Crippen LogP contribution in [0.15, 0.2) is 24.3 Å². The molecule has 0 heterocycles. The Morgan fingerprint density at radius 1 is 1.30 bits per heavy atom. The lowest BCUT2D eigenvalue weighted by atomic mass is 9.93. The van der Waals surface area contributed by atoms with Gasteiger partial charge in [-0.05, 0) is 19.9 Å². The zero-order valence-corrected chi connectivity index (χ0v) is 11.0. The van der Waals surface area contributed by atoms with Crippen LogP contribution in [0.5, 0.6) is 0 Å². The molecule has 0 aliphatic carbocycles. The highest BCUT2D eigenvalue weighted by Gasteiger charge is 2.36. The van der Waals surface area contributed by atoms with Crippen LogP contribution in [0.2, 0.25) is 0 Å². The Hall–Kier alpha value is -2.57. The Labute approximate surface area is 114 Å². The summed E-state index contributed by atoms with van der Waals surface area (Å²) >= 11 is 0. The Balaban J connectivity index is 3.23. The monoisotopic (exact) mass is 279 g/mol. The molecule has 1 aromatic carbocycles. The molecule has 0 N–H and O–H groups in total. The van der Waals surface area contributed by atoms with Crippen molar-refractivity contribution >= 4 is 23.2 Å². The minimum atomic E-state index is -1.67. The first-order chi connectivity index (χ1) is 9.40. The van der Waals surface area contributed by atoms with E-state index in [1.165, 1.54) is 25.1 Å². The number of benzene rings is 1. The van der Waals surface area contributed by atoms with Gasteiger partial charge in [0.05, 0.1) is 17.1 Å². The number of hydrogen-bond acceptors (Lipinski definition) is 6. The van der Waals surface area contributed by atoms with Crippen molar-refractivity contribution in [2.45, 2.75) is 13.8 Å². The van der Waals surface area contributed by atoms with Gasteiger partial charge in [0, 0.05) is 6.07 Å². The number of Topliss-reactive ketones (excluding diaryl/α,β-unsaturated/α-hetero) is 2. The van der Waals surface area contributed by atoms with Crippen LogP contribution in [0.25, 0.3) is 0 Å². The van der Waals surface area contributed by atoms with Crippen molar-refractivity contribution in [3.8, 4) is 0 Å². The highest BCUT2D eigenvalue weighted by molar-refractivity contribution is 6.23. The van der Waals surface area contributed by atoms with Crippen LogP contribution in [0.1, 0.15) is 24.2 Å². The van der Waals surface area contributed by atoms with Crippen LogP contribution in [-0.2, 0) is 14.3 Å². The Morgan fingerprint density at radius 3 is 2.40 bits per heavy atom. The van der Waals surface area contributed by atoms with Crippen molar-refractivity contribution in [3.05, 3.63) is 39.9 Å². The zero-order valence-electron chi connectivity index (χ0n) is 11.0. The van der Waals surface area contributed by atoms with E-state index in [2.05, 4.69) is 4.74 Å². The Kier molecular flexibility index (Phi) is 5.08. The molecule has 0 aliphatic rings. The van der Waals surface area contributed by atoms with Crippen LogP contribution in [0.4, 0.5) is 5.69 Å². The van der Waals surface area contributed by atoms with Crippen LogP contribution < -0.4 is 0 Å². The second-order valence-corrected chi connectivity index (χ2v) is 3.93. The molecule has 106 valence electrons. The van der Waals surface area contributed by atoms with E-state index in [1.54, 1.807) is 0 Å². The van der Waals surface area contributed by atoms with Gasteiger partial charge in [0.1, 0.15) is 0 Å². The number of nitro benzene ring substituents is 1. The Bertz CT molecular complexity index is 566. The summed E-state index contributed by atoms with van der Waals surface area (Å²) in [5, 5.41) is 10.9. The van der Waals surface area contributed by atoms with E-state index in [9.17, 15) is 24.5 Å². The highest BCUT2D eigenvalue weighted by atomic mass is 16.6. The van der Waals surface area contributed by atoms with Gasteiger partial charge >= 0.3 is 5.97 Å². The molecule has 0 saturated carbocycles. The largest absolute Gasteiger partial charge is 0.465 e. The first-order valence-electron chi connectivity index (χ1n) is 5.84. The van der Waals surface area contributed by atoms with Crippen LogP contribution >= 0.6 is 0 Å². The number of ether oxygens (including phenoxy) is 1. The fourth-order valence-corrected chi connectivity index (χ4v) is 1.68. The fourth-order valence-electron chi connectivity index (χ4n) is 1.68. The van der Waals surface area contributed by atoms with Gasteiger partial charge in [-0.15, -0.1) is 0 Å². The summed E-state index contributed by atoms with van der Waals surface area (Å²) in [6, 6.07) is 5.15. The van der Waals surface area contributed by atoms with Gasteiger partial charge in [0.25, 0.3) is 5.69 Å². The molecule has 7 nitrogen and oxygen atoms in total. The van der Waals surface area contributed by atoms with Gasteiger partial charge in [0.2, 0.25) is 0 Å². The molecule has 0 bridgehead atoms. The second kappa shape index (κ2) is 6.55. The quantitative estimate of drug-likeness (QED) is 0.257. The van der Waals surface area contributed by atoms with Crippen molar-refractivity contribution < 1.29 is 24.0 Å². The lowest BCUT2D eigenvalue weighted by Gasteiger charge is -2.11. The van der Waals surface area contributed by atoms with E-state index < -0.39 is 34.1 Å². The lowest BCUT2D eigenvalue weighted by molar-refractivity contribution is -0.385. The summed E-state index contributed by atoms with van der Waals surface area (Å²) in [6.45, 7) is 2.60. The molecule has 0 fully saturated rings. The number of para-hydroxylation sites is 1. The third kappa shape index (κ3) is 3.25. The smallest absolute Gasteiger partial charge is 0.324 e. The Morgan fingerprint density at radius 2 is 1.90 bits per heavy atom. The molecule has 1 rings (SSSR count). The maximum absolute atomic E-state index is 12.2. The molecule has 0 radical (unpaired) electrons. The summed E-state index contributed by atoms with van der Waals surface area (Å²) in [5.74, 6) is -4.31. The topological polar surface area (TPSA) is 104 Å². The van der Waals surface area contributed by atoms with Crippen molar-refractivity contribution in [2.24, 2.45) is 5.92 Å². The molecular formula is C13H13NO6. The number of carbonyl (C=O) groups is 3. The number of nitrogens with zero attached hydrogens (tertiary/aromatic N) is 1. The lowest BCUT2D eigenvalue weighted by Crippen LogP contribution is -2.32. The van der Waals surface area contributed by atoms with E-state index in [-0.39, 0.29) is 12.2 Å². The minimum Gasteiger partial charge on any atom is -0.465 e. The molecule has 1 atom stereocenters. The number of nitro groups is 1. The average Bonchev–Trinajstić information content (AvgIpc) is 2.38. The second-order valence-electron chi connectivity index (χ2n) is 3.93. The predicted molar refractivity (Wildman–Crippen MR) is 68.2 cm³/mol. The molecule has 7 heteroatoms. The summed E-state index contributed by atoms with van der Waals surface area (Å²) in [6.07, 6.45) is 0. The summed E-state index contributed by atoms with van der Waals surface area (Å²) < 4.78 is 4.66. The van der Waals surface area contributed by atoms with Gasteiger partial charge < -0.3 is 4.74 Å². The van der Waals surface area contributed by atoms with Gasteiger partial charge in [-0.25, -0.2) is 0 Å². The fraction of sp³-hybridized carbons (Fsp3) is 0.308. The number of hydrogen-bond donors (Lipinski definition) is 0. The third-order valence-electron chi connectivity index (χ3n) is 2.56. The molecule has 0 aliphatic heterocycles. The molecule has 0 saturated heterocycles. The van der Waals surface area contributed by atoms with E-state index in [1.807, 2.05) is 0 Å². The third-order valence-corrected chi connectivity index (χ3v) is 2.56. The maximum Gasteiger partial charge on any atom is 0.324 e. The van der Waals surface area contributed by atoms with Crippen LogP contribution in [0.3, 0.4) is 0 Å². The van der Waals surface area contributed by atoms with E-state index >= 15 is 0 Å². The minimum absolute atomic E-state index is 0.00672. The number of carbonyl (C=O) groups excluding carboxylic acids is 3. The van der Waals surface area contributed by atoms with Gasteiger partial charge in [-0.2, -0.15) is 0 Å². The summed E-state index contributed by atoms with van der Waals surface area (Å²) in [4.78, 5) is 45.4. The average molecular weight is 279 g/mol. The molecule has 0 amide bonds. The first-order valence-corrected chi connectivity index (χ1v) is 5.84. The molecule has 0 spiro atoms. The predicted octanol–water partition coefficient (Wildman–Crippen LogP) is 1.55. The normalized spacial score (nSPS) is 11.5. The summed E-state index contributed by atoms with van der Waals surface area (Å²) in [7, 11) is 0. The highest BCUT2D eigenvalue weighted by Crippen LogP contribution is 2.22. The standard InChI is InChI=1S/C13H13NO6/c1-3-20-13(17)11(8(2)15)12(16)9-6-4-5-7-10(9)14(18)19/h4-7,11H,3H2,1-2H3/t11-/m0/s1. The van der Waals surface area contributed by atoms with Crippen molar-refractivity contribution in [1.29, 1.82) is 0 Å². The maximum atomic E-state index is 12.2. The van der Waals surface area contributed by atoms with Crippen LogP contribution in [0, 0.1) is 16.0 Å². The van der Waals surface area contributed by atoms with Crippen molar-refractivity contribution in [3.63, 3.8) is 0 Å². The van der Waals surface area contributed by atoms with E-state index in [4.69, 9.17) is 0 Å². The van der Waals surface area contributed by atoms with E-state index in [0.29, 0.717) is 0 Å². The molecule has 20 heavy (non-hydrogen) atoms. The molecular weight excluding hydrogens is 266 g/mol. The number of rotatable bonds is 6. The van der Waals surface area contributed by atoms with Gasteiger partial charge in [-0.3, -0.25) is 24.5 Å². The summed E-state index contributed by atoms with van der Waals surface area (Å²) in [5.41, 5.74) is -0.737. The van der Waals surface area contributed by atoms with E-state index in [0.717, 1.165) is 13.0 Å². The van der Waals surface area contributed by atoms with Crippen LogP contribution in [-0.4, -0.2) is 29.1 Å². The van der Waals surface area contributed by atoms with Gasteiger partial charge in [0.15, 0.2) is 17.5 Å². The number of ketones is 2. The van der Waals surface area contributed by atoms with Crippen molar-refractivity contribution in [2.75, 3.05) is 6.61 Å². The molecule has 0 unspecified atom stereocenters. The van der Waals surface area contributed by atoms with Gasteiger partial charge in [-0.1, -0.05) is 12.1 Å². The molecule has 0 aromatic heterocycles. The molecule has 1 aromatic rings. The first kappa shape index (κ1) is 15.5. The zero-order chi connectivity index (χ0) is 15.3. The van der Waals surface area contributed by atoms with Crippen molar-refractivity contribution in [1.82, 2.24) is 0 Å².